The second kappa shape index (κ2) is 5.14. The molecule has 1 saturated heterocycles. The third kappa shape index (κ3) is 2.75. The van der Waals surface area contributed by atoms with Gasteiger partial charge in [0.05, 0.1) is 19.0 Å². The maximum Gasteiger partial charge on any atom is 0.182 e. The largest absolute Gasteiger partial charge is 0.297 e. The SMILES string of the molecule is Cn1nnc(CC(=O)C(C)(C)N2CCCCC2)n1. The van der Waals surface area contributed by atoms with Gasteiger partial charge in [0.15, 0.2) is 11.6 Å². The zero-order valence-corrected chi connectivity index (χ0v) is 11.4. The maximum atomic E-state index is 12.4. The molecule has 2 rings (SSSR count). The summed E-state index contributed by atoms with van der Waals surface area (Å²) >= 11 is 0. The van der Waals surface area contributed by atoms with Gasteiger partial charge in [0.25, 0.3) is 0 Å². The quantitative estimate of drug-likeness (QED) is 0.783. The van der Waals surface area contributed by atoms with E-state index in [2.05, 4.69) is 20.3 Å². The molecule has 0 aliphatic carbocycles. The number of ketones is 1. The summed E-state index contributed by atoms with van der Waals surface area (Å²) in [5.41, 5.74) is -0.431. The van der Waals surface area contributed by atoms with Crippen LogP contribution in [-0.2, 0) is 18.3 Å². The van der Waals surface area contributed by atoms with Crippen LogP contribution in [0.15, 0.2) is 0 Å². The molecule has 0 N–H and O–H groups in total. The van der Waals surface area contributed by atoms with Gasteiger partial charge in [0.1, 0.15) is 0 Å². The second-order valence-corrected chi connectivity index (χ2v) is 5.40. The highest BCUT2D eigenvalue weighted by atomic mass is 16.1. The van der Waals surface area contributed by atoms with Crippen LogP contribution in [0.5, 0.6) is 0 Å². The lowest BCUT2D eigenvalue weighted by Gasteiger charge is -2.39. The van der Waals surface area contributed by atoms with Gasteiger partial charge >= 0.3 is 0 Å². The highest BCUT2D eigenvalue weighted by molar-refractivity contribution is 5.88. The number of rotatable bonds is 4. The van der Waals surface area contributed by atoms with E-state index in [1.54, 1.807) is 7.05 Å². The molecule has 1 fully saturated rings. The Balaban J connectivity index is 2.02. The predicted molar refractivity (Wildman–Crippen MR) is 67.0 cm³/mol. The first-order valence-electron chi connectivity index (χ1n) is 6.51. The van der Waals surface area contributed by atoms with Gasteiger partial charge in [-0.15, -0.1) is 10.2 Å². The minimum Gasteiger partial charge on any atom is -0.297 e. The molecule has 0 radical (unpaired) electrons. The molecule has 6 heteroatoms. The van der Waals surface area contributed by atoms with Crippen LogP contribution in [0.4, 0.5) is 0 Å². The van der Waals surface area contributed by atoms with Crippen molar-refractivity contribution in [2.24, 2.45) is 7.05 Å². The van der Waals surface area contributed by atoms with Crippen molar-refractivity contribution in [3.8, 4) is 0 Å². The fourth-order valence-electron chi connectivity index (χ4n) is 2.38. The molecular formula is C12H21N5O. The van der Waals surface area contributed by atoms with Crippen molar-refractivity contribution in [2.75, 3.05) is 13.1 Å². The Kier molecular flexibility index (Phi) is 3.75. The van der Waals surface area contributed by atoms with Crippen molar-refractivity contribution >= 4 is 5.78 Å². The van der Waals surface area contributed by atoms with Gasteiger partial charge in [-0.25, -0.2) is 0 Å². The Hall–Kier alpha value is -1.30. The predicted octanol–water partition coefficient (Wildman–Crippen LogP) is 0.586. The molecule has 0 saturated carbocycles. The van der Waals surface area contributed by atoms with Crippen LogP contribution in [0.25, 0.3) is 0 Å². The van der Waals surface area contributed by atoms with E-state index in [9.17, 15) is 4.79 Å². The van der Waals surface area contributed by atoms with Gasteiger partial charge in [0.2, 0.25) is 0 Å². The summed E-state index contributed by atoms with van der Waals surface area (Å²) in [6.45, 7) is 6.01. The average molecular weight is 251 g/mol. The lowest BCUT2D eigenvalue weighted by molar-refractivity contribution is -0.129. The number of nitrogens with zero attached hydrogens (tertiary/aromatic N) is 5. The average Bonchev–Trinajstić information content (AvgIpc) is 2.76. The summed E-state index contributed by atoms with van der Waals surface area (Å²) in [6, 6.07) is 0. The van der Waals surface area contributed by atoms with Crippen molar-refractivity contribution < 1.29 is 4.79 Å². The van der Waals surface area contributed by atoms with E-state index in [1.165, 1.54) is 24.1 Å². The summed E-state index contributed by atoms with van der Waals surface area (Å²) in [4.78, 5) is 16.0. The van der Waals surface area contributed by atoms with E-state index >= 15 is 0 Å². The lowest BCUT2D eigenvalue weighted by atomic mass is 9.92. The van der Waals surface area contributed by atoms with Crippen LogP contribution in [0.2, 0.25) is 0 Å². The molecule has 0 atom stereocenters. The molecule has 18 heavy (non-hydrogen) atoms. The normalized spacial score (nSPS) is 17.9. The Morgan fingerprint density at radius 1 is 1.28 bits per heavy atom. The monoisotopic (exact) mass is 251 g/mol. The van der Waals surface area contributed by atoms with Crippen molar-refractivity contribution in [2.45, 2.75) is 45.1 Å². The molecule has 1 aliphatic heterocycles. The van der Waals surface area contributed by atoms with E-state index in [4.69, 9.17) is 0 Å². The van der Waals surface area contributed by atoms with Gasteiger partial charge in [-0.05, 0) is 45.0 Å². The van der Waals surface area contributed by atoms with Crippen LogP contribution >= 0.6 is 0 Å². The van der Waals surface area contributed by atoms with E-state index in [-0.39, 0.29) is 12.2 Å². The third-order valence-corrected chi connectivity index (χ3v) is 3.70. The number of aromatic nitrogens is 4. The molecule has 0 unspecified atom stereocenters. The first-order chi connectivity index (χ1) is 8.50. The molecule has 1 aromatic rings. The number of likely N-dealkylation sites (tertiary alicyclic amines) is 1. The lowest BCUT2D eigenvalue weighted by Crippen LogP contribution is -2.52. The molecule has 0 amide bonds. The summed E-state index contributed by atoms with van der Waals surface area (Å²) in [7, 11) is 1.71. The van der Waals surface area contributed by atoms with E-state index in [0.717, 1.165) is 13.1 Å². The molecule has 2 heterocycles. The van der Waals surface area contributed by atoms with Crippen LogP contribution in [0, 0.1) is 0 Å². The van der Waals surface area contributed by atoms with Gasteiger partial charge in [-0.3, -0.25) is 9.69 Å². The highest BCUT2D eigenvalue weighted by Gasteiger charge is 2.35. The van der Waals surface area contributed by atoms with Crippen molar-refractivity contribution in [3.63, 3.8) is 0 Å². The fraction of sp³-hybridized carbons (Fsp3) is 0.833. The van der Waals surface area contributed by atoms with Crippen molar-refractivity contribution in [1.82, 2.24) is 25.1 Å². The summed E-state index contributed by atoms with van der Waals surface area (Å²) in [5.74, 6) is 0.671. The van der Waals surface area contributed by atoms with Crippen LogP contribution in [-0.4, -0.2) is 49.5 Å². The van der Waals surface area contributed by atoms with Gasteiger partial charge in [-0.1, -0.05) is 6.42 Å². The Morgan fingerprint density at radius 2 is 1.94 bits per heavy atom. The van der Waals surface area contributed by atoms with E-state index < -0.39 is 5.54 Å². The second-order valence-electron chi connectivity index (χ2n) is 5.40. The number of piperidine rings is 1. The number of tetrazole rings is 1. The standard InChI is InChI=1S/C12H21N5O/c1-12(2,17-7-5-4-6-8-17)10(18)9-11-13-15-16(3)14-11/h4-9H2,1-3H3. The molecule has 0 aromatic carbocycles. The van der Waals surface area contributed by atoms with Crippen LogP contribution in [0.3, 0.4) is 0 Å². The molecule has 0 bridgehead atoms. The molecule has 1 aromatic heterocycles. The Morgan fingerprint density at radius 3 is 2.50 bits per heavy atom. The Labute approximate surface area is 107 Å². The van der Waals surface area contributed by atoms with Gasteiger partial charge in [0, 0.05) is 0 Å². The maximum absolute atomic E-state index is 12.4. The minimum absolute atomic E-state index is 0.164. The zero-order valence-electron chi connectivity index (χ0n) is 11.4. The van der Waals surface area contributed by atoms with Gasteiger partial charge < -0.3 is 0 Å². The molecule has 100 valence electrons. The first kappa shape index (κ1) is 13.1. The topological polar surface area (TPSA) is 63.9 Å². The number of carbonyl (C=O) groups excluding carboxylic acids is 1. The number of Topliss-reactive ketones (excluding diaryl/α,β-unsaturated/α-hetero) is 1. The number of hydrogen-bond acceptors (Lipinski definition) is 5. The number of carbonyl (C=O) groups is 1. The molecule has 6 nitrogen and oxygen atoms in total. The molecule has 0 spiro atoms. The first-order valence-corrected chi connectivity index (χ1v) is 6.51. The molecular weight excluding hydrogens is 230 g/mol. The summed E-state index contributed by atoms with van der Waals surface area (Å²) in [5, 5.41) is 11.7. The van der Waals surface area contributed by atoms with Gasteiger partial charge in [-0.2, -0.15) is 4.80 Å². The minimum atomic E-state index is -0.431. The number of hydrogen-bond donors (Lipinski definition) is 0. The summed E-state index contributed by atoms with van der Waals surface area (Å²) < 4.78 is 0. The summed E-state index contributed by atoms with van der Waals surface area (Å²) in [6.07, 6.45) is 3.89. The zero-order chi connectivity index (χ0) is 13.2. The van der Waals surface area contributed by atoms with Crippen LogP contribution < -0.4 is 0 Å². The highest BCUT2D eigenvalue weighted by Crippen LogP contribution is 2.22. The Bertz CT molecular complexity index is 420. The smallest absolute Gasteiger partial charge is 0.182 e. The van der Waals surface area contributed by atoms with Crippen molar-refractivity contribution in [3.05, 3.63) is 5.82 Å². The van der Waals surface area contributed by atoms with E-state index in [1.807, 2.05) is 13.8 Å². The third-order valence-electron chi connectivity index (χ3n) is 3.70. The van der Waals surface area contributed by atoms with Crippen LogP contribution in [0.1, 0.15) is 38.9 Å². The van der Waals surface area contributed by atoms with E-state index in [0.29, 0.717) is 5.82 Å². The fourth-order valence-corrected chi connectivity index (χ4v) is 2.38. The number of aryl methyl sites for hydroxylation is 1. The van der Waals surface area contributed by atoms with Crippen molar-refractivity contribution in [1.29, 1.82) is 0 Å². The molecule has 1 aliphatic rings.